The molecular formula is C4H6ClN2Na. The van der Waals surface area contributed by atoms with Gasteiger partial charge in [-0.2, -0.15) is 0 Å². The van der Waals surface area contributed by atoms with Gasteiger partial charge in [0.25, 0.3) is 0 Å². The monoisotopic (exact) mass is 140 g/mol. The van der Waals surface area contributed by atoms with Gasteiger partial charge < -0.3 is 17.0 Å². The van der Waals surface area contributed by atoms with Crippen LogP contribution in [-0.2, 0) is 7.05 Å². The maximum atomic E-state index is 3.78. The first kappa shape index (κ1) is 11.3. The van der Waals surface area contributed by atoms with Crippen LogP contribution in [0.1, 0.15) is 0 Å². The summed E-state index contributed by atoms with van der Waals surface area (Å²) in [5.41, 5.74) is 0. The van der Waals surface area contributed by atoms with Crippen LogP contribution < -0.4 is 42.0 Å². The molecular weight excluding hydrogens is 135 g/mol. The fourth-order valence-electron chi connectivity index (χ4n) is 0.326. The second-order valence-corrected chi connectivity index (χ2v) is 1.23. The number of rotatable bonds is 0. The summed E-state index contributed by atoms with van der Waals surface area (Å²) in [5, 5.41) is 0. The molecule has 8 heavy (non-hydrogen) atoms. The van der Waals surface area contributed by atoms with E-state index in [1.54, 1.807) is 12.5 Å². The Bertz CT molecular complexity index is 118. The Hall–Kier alpha value is 0.500. The maximum Gasteiger partial charge on any atom is 1.00 e. The van der Waals surface area contributed by atoms with Gasteiger partial charge in [-0.1, -0.05) is 0 Å². The first-order valence-electron chi connectivity index (χ1n) is 1.81. The quantitative estimate of drug-likeness (QED) is 0.329. The summed E-state index contributed by atoms with van der Waals surface area (Å²) in [6.07, 6.45) is 5.39. The molecule has 0 aliphatic carbocycles. The van der Waals surface area contributed by atoms with Gasteiger partial charge in [-0.3, -0.25) is 0 Å². The van der Waals surface area contributed by atoms with Crippen LogP contribution in [0.5, 0.6) is 0 Å². The Morgan fingerprint density at radius 1 is 1.50 bits per heavy atom. The van der Waals surface area contributed by atoms with Gasteiger partial charge in [0.1, 0.15) is 0 Å². The van der Waals surface area contributed by atoms with Crippen LogP contribution in [0.25, 0.3) is 0 Å². The van der Waals surface area contributed by atoms with Crippen LogP contribution >= 0.6 is 0 Å². The summed E-state index contributed by atoms with van der Waals surface area (Å²) in [6, 6.07) is 0. The summed E-state index contributed by atoms with van der Waals surface area (Å²) < 4.78 is 1.89. The maximum absolute atomic E-state index is 3.78. The standard InChI is InChI=1S/C4H6N2.ClH.Na/c1-6-3-2-5-4-6;;/h2-4H,1H3;1H;/q;;+1/p-1. The SMILES string of the molecule is Cn1ccnc1.[Cl-].[Na+]. The van der Waals surface area contributed by atoms with E-state index in [2.05, 4.69) is 4.98 Å². The van der Waals surface area contributed by atoms with Crippen molar-refractivity contribution in [1.82, 2.24) is 9.55 Å². The van der Waals surface area contributed by atoms with E-state index in [-0.39, 0.29) is 42.0 Å². The molecule has 0 amide bonds. The molecule has 0 bridgehead atoms. The van der Waals surface area contributed by atoms with E-state index < -0.39 is 0 Å². The summed E-state index contributed by atoms with van der Waals surface area (Å²) in [5.74, 6) is 0. The molecule has 0 atom stereocenters. The number of hydrogen-bond acceptors (Lipinski definition) is 1. The molecule has 1 aromatic rings. The number of imidazole rings is 1. The Balaban J connectivity index is 0. The minimum Gasteiger partial charge on any atom is -1.00 e. The average Bonchev–Trinajstić information content (AvgIpc) is 1.86. The number of aryl methyl sites for hydroxylation is 1. The van der Waals surface area contributed by atoms with E-state index in [9.17, 15) is 0 Å². The molecule has 0 fully saturated rings. The van der Waals surface area contributed by atoms with Crippen LogP contribution in [0.3, 0.4) is 0 Å². The zero-order chi connectivity index (χ0) is 4.41. The predicted octanol–water partition coefficient (Wildman–Crippen LogP) is -5.57. The molecule has 0 aliphatic rings. The van der Waals surface area contributed by atoms with E-state index in [4.69, 9.17) is 0 Å². The van der Waals surface area contributed by atoms with Crippen LogP contribution in [0.2, 0.25) is 0 Å². The molecule has 2 nitrogen and oxygen atoms in total. The number of aromatic nitrogens is 2. The van der Waals surface area contributed by atoms with Crippen molar-refractivity contribution in [3.8, 4) is 0 Å². The van der Waals surface area contributed by atoms with Crippen molar-refractivity contribution >= 4 is 0 Å². The van der Waals surface area contributed by atoms with Gasteiger partial charge in [-0.15, -0.1) is 0 Å². The molecule has 1 aromatic heterocycles. The Labute approximate surface area is 77.0 Å². The molecule has 0 spiro atoms. The molecule has 1 heterocycles. The zero-order valence-corrected chi connectivity index (χ0v) is 7.76. The third kappa shape index (κ3) is 3.50. The average molecular weight is 141 g/mol. The second-order valence-electron chi connectivity index (χ2n) is 1.23. The van der Waals surface area contributed by atoms with Crippen LogP contribution in [-0.4, -0.2) is 9.55 Å². The van der Waals surface area contributed by atoms with Gasteiger partial charge in [0.05, 0.1) is 6.33 Å². The molecule has 1 rings (SSSR count). The first-order valence-corrected chi connectivity index (χ1v) is 1.81. The molecule has 0 aromatic carbocycles. The van der Waals surface area contributed by atoms with Crippen LogP contribution in [0, 0.1) is 0 Å². The fourth-order valence-corrected chi connectivity index (χ4v) is 0.326. The van der Waals surface area contributed by atoms with Gasteiger partial charge >= 0.3 is 29.6 Å². The van der Waals surface area contributed by atoms with Gasteiger partial charge in [0.15, 0.2) is 0 Å². The summed E-state index contributed by atoms with van der Waals surface area (Å²) in [4.78, 5) is 3.78. The van der Waals surface area contributed by atoms with Gasteiger partial charge in [0, 0.05) is 19.4 Å². The minimum absolute atomic E-state index is 0. The fraction of sp³-hybridized carbons (Fsp3) is 0.250. The van der Waals surface area contributed by atoms with E-state index in [0.717, 1.165) is 0 Å². The van der Waals surface area contributed by atoms with Crippen molar-refractivity contribution in [2.24, 2.45) is 7.05 Å². The van der Waals surface area contributed by atoms with E-state index in [0.29, 0.717) is 0 Å². The zero-order valence-electron chi connectivity index (χ0n) is 5.00. The number of nitrogens with zero attached hydrogens (tertiary/aromatic N) is 2. The van der Waals surface area contributed by atoms with Crippen molar-refractivity contribution in [2.45, 2.75) is 0 Å². The topological polar surface area (TPSA) is 17.8 Å². The Morgan fingerprint density at radius 3 is 2.25 bits per heavy atom. The van der Waals surface area contributed by atoms with Gasteiger partial charge in [0.2, 0.25) is 0 Å². The summed E-state index contributed by atoms with van der Waals surface area (Å²) in [6.45, 7) is 0. The van der Waals surface area contributed by atoms with Crippen molar-refractivity contribution in [2.75, 3.05) is 0 Å². The number of halogens is 1. The van der Waals surface area contributed by atoms with Crippen molar-refractivity contribution < 1.29 is 42.0 Å². The first-order chi connectivity index (χ1) is 2.89. The summed E-state index contributed by atoms with van der Waals surface area (Å²) in [7, 11) is 1.94. The van der Waals surface area contributed by atoms with E-state index >= 15 is 0 Å². The largest absolute Gasteiger partial charge is 1.00 e. The minimum atomic E-state index is 0. The van der Waals surface area contributed by atoms with Gasteiger partial charge in [-0.05, 0) is 0 Å². The molecule has 0 saturated heterocycles. The Kier molecular flexibility index (Phi) is 7.97. The van der Waals surface area contributed by atoms with E-state index in [1.165, 1.54) is 0 Å². The van der Waals surface area contributed by atoms with Crippen molar-refractivity contribution in [3.63, 3.8) is 0 Å². The van der Waals surface area contributed by atoms with Crippen LogP contribution in [0.4, 0.5) is 0 Å². The molecule has 4 heteroatoms. The molecule has 40 valence electrons. The number of hydrogen-bond donors (Lipinski definition) is 0. The van der Waals surface area contributed by atoms with Gasteiger partial charge in [-0.25, -0.2) is 4.98 Å². The molecule has 0 radical (unpaired) electrons. The second kappa shape index (κ2) is 5.63. The third-order valence-electron chi connectivity index (χ3n) is 0.637. The molecule has 0 unspecified atom stereocenters. The summed E-state index contributed by atoms with van der Waals surface area (Å²) >= 11 is 0. The van der Waals surface area contributed by atoms with E-state index in [1.807, 2.05) is 17.8 Å². The third-order valence-corrected chi connectivity index (χ3v) is 0.637. The van der Waals surface area contributed by atoms with Crippen LogP contribution in [0.15, 0.2) is 18.7 Å². The Morgan fingerprint density at radius 2 is 2.12 bits per heavy atom. The predicted molar refractivity (Wildman–Crippen MR) is 23.2 cm³/mol. The smallest absolute Gasteiger partial charge is 1.00 e. The normalized spacial score (nSPS) is 6.62. The van der Waals surface area contributed by atoms with Crippen molar-refractivity contribution in [3.05, 3.63) is 18.7 Å². The van der Waals surface area contributed by atoms with Crippen molar-refractivity contribution in [1.29, 1.82) is 0 Å². The molecule has 0 N–H and O–H groups in total. The molecule has 0 aliphatic heterocycles. The molecule has 0 saturated carbocycles.